The number of rotatable bonds is 12. The van der Waals surface area contributed by atoms with Crippen LogP contribution in [0.1, 0.15) is 73.2 Å². The predicted octanol–water partition coefficient (Wildman–Crippen LogP) is 3.92. The van der Waals surface area contributed by atoms with Crippen molar-refractivity contribution in [1.82, 2.24) is 15.2 Å². The first-order valence-electron chi connectivity index (χ1n) is 13.7. The van der Waals surface area contributed by atoms with Crippen LogP contribution in [0.5, 0.6) is 0 Å². The lowest BCUT2D eigenvalue weighted by Gasteiger charge is -2.25. The molecule has 1 amide bonds. The second kappa shape index (κ2) is 11.4. The third-order valence-corrected chi connectivity index (χ3v) is 7.91. The highest BCUT2D eigenvalue weighted by Crippen LogP contribution is 2.33. The number of nitrogens with zero attached hydrogens (tertiary/aromatic N) is 2. The molecule has 192 valence electrons. The van der Waals surface area contributed by atoms with Gasteiger partial charge < -0.3 is 20.6 Å². The molecule has 7 nitrogen and oxygen atoms in total. The first kappa shape index (κ1) is 24.8. The van der Waals surface area contributed by atoms with E-state index in [9.17, 15) is 14.7 Å². The average Bonchev–Trinajstić information content (AvgIpc) is 3.65. The zero-order valence-electron chi connectivity index (χ0n) is 21.0. The number of hydrogen-bond donors (Lipinski definition) is 3. The van der Waals surface area contributed by atoms with Crippen molar-refractivity contribution in [3.63, 3.8) is 0 Å². The van der Waals surface area contributed by atoms with Crippen LogP contribution >= 0.6 is 0 Å². The molecule has 0 saturated heterocycles. The number of carboxylic acid groups (broad SMARTS) is 1. The highest BCUT2D eigenvalue weighted by atomic mass is 16.4. The summed E-state index contributed by atoms with van der Waals surface area (Å²) >= 11 is 0. The SMILES string of the molecule is O=C(N[C@@H](CCN(CCCCc1ccc2c(n1)NCCC2)C1CC1)C(=O)O)C1CCc2ccccc21. The number of hydrogen-bond acceptors (Lipinski definition) is 5. The summed E-state index contributed by atoms with van der Waals surface area (Å²) in [6, 6.07) is 12.1. The molecule has 1 fully saturated rings. The first-order chi connectivity index (χ1) is 17.6. The molecule has 1 aromatic carbocycles. The third kappa shape index (κ3) is 6.06. The number of benzene rings is 1. The van der Waals surface area contributed by atoms with E-state index in [1.54, 1.807) is 0 Å². The number of fused-ring (bicyclic) bond motifs is 2. The lowest BCUT2D eigenvalue weighted by atomic mass is 10.00. The van der Waals surface area contributed by atoms with Gasteiger partial charge in [-0.25, -0.2) is 9.78 Å². The average molecular weight is 491 g/mol. The van der Waals surface area contributed by atoms with Gasteiger partial charge in [-0.15, -0.1) is 0 Å². The number of unbranched alkanes of at least 4 members (excludes halogenated alkanes) is 1. The molecular formula is C29H38N4O3. The standard InChI is InChI=1S/C29H38N4O3/c34-28(25-15-11-20-6-1-2-9-24(20)25)32-26(29(35)36)16-19-33(23-13-14-23)18-4-3-8-22-12-10-21-7-5-17-30-27(21)31-22/h1-2,6,9-10,12,23,25-26H,3-5,7-8,11,13-19H2,(H,30,31)(H,32,34)(H,35,36)/t25?,26-/m0/s1. The first-order valence-corrected chi connectivity index (χ1v) is 13.7. The van der Waals surface area contributed by atoms with Crippen LogP contribution in [-0.2, 0) is 28.9 Å². The molecule has 1 aromatic heterocycles. The van der Waals surface area contributed by atoms with E-state index in [0.717, 1.165) is 68.7 Å². The van der Waals surface area contributed by atoms with E-state index in [0.29, 0.717) is 19.0 Å². The molecule has 0 spiro atoms. The largest absolute Gasteiger partial charge is 0.480 e. The van der Waals surface area contributed by atoms with Crippen LogP contribution in [0, 0.1) is 0 Å². The number of amides is 1. The fourth-order valence-corrected chi connectivity index (χ4v) is 5.70. The molecule has 3 N–H and O–H groups in total. The van der Waals surface area contributed by atoms with Gasteiger partial charge in [0.25, 0.3) is 0 Å². The highest BCUT2D eigenvalue weighted by molar-refractivity contribution is 5.89. The van der Waals surface area contributed by atoms with Crippen LogP contribution in [0.25, 0.3) is 0 Å². The van der Waals surface area contributed by atoms with Crippen molar-refractivity contribution in [1.29, 1.82) is 0 Å². The number of carboxylic acids is 1. The van der Waals surface area contributed by atoms with Gasteiger partial charge in [-0.1, -0.05) is 30.3 Å². The minimum absolute atomic E-state index is 0.155. The van der Waals surface area contributed by atoms with Crippen LogP contribution in [0.4, 0.5) is 5.82 Å². The smallest absolute Gasteiger partial charge is 0.326 e. The number of aryl methyl sites for hydroxylation is 3. The minimum Gasteiger partial charge on any atom is -0.480 e. The van der Waals surface area contributed by atoms with Gasteiger partial charge in [0.2, 0.25) is 5.91 Å². The van der Waals surface area contributed by atoms with Crippen LogP contribution in [0.2, 0.25) is 0 Å². The second-order valence-electron chi connectivity index (χ2n) is 10.5. The number of nitrogens with one attached hydrogen (secondary N) is 2. The molecule has 1 aliphatic heterocycles. The zero-order valence-corrected chi connectivity index (χ0v) is 21.0. The van der Waals surface area contributed by atoms with Crippen molar-refractivity contribution >= 4 is 17.7 Å². The van der Waals surface area contributed by atoms with Crippen molar-refractivity contribution in [3.05, 3.63) is 58.8 Å². The molecule has 1 unspecified atom stereocenters. The Labute approximate surface area is 213 Å². The molecule has 1 saturated carbocycles. The van der Waals surface area contributed by atoms with Crippen molar-refractivity contribution < 1.29 is 14.7 Å². The van der Waals surface area contributed by atoms with Crippen molar-refractivity contribution in [2.75, 3.05) is 25.0 Å². The molecule has 2 aliphatic carbocycles. The van der Waals surface area contributed by atoms with Crippen LogP contribution in [0.3, 0.4) is 0 Å². The highest BCUT2D eigenvalue weighted by Gasteiger charge is 2.33. The molecule has 2 aromatic rings. The summed E-state index contributed by atoms with van der Waals surface area (Å²) in [5.41, 5.74) is 4.71. The maximum atomic E-state index is 13.0. The number of aromatic nitrogens is 1. The predicted molar refractivity (Wildman–Crippen MR) is 140 cm³/mol. The number of aliphatic carboxylic acids is 1. The van der Waals surface area contributed by atoms with E-state index in [4.69, 9.17) is 4.98 Å². The molecule has 36 heavy (non-hydrogen) atoms. The Morgan fingerprint density at radius 2 is 1.92 bits per heavy atom. The monoisotopic (exact) mass is 490 g/mol. The van der Waals surface area contributed by atoms with E-state index in [1.165, 1.54) is 30.4 Å². The van der Waals surface area contributed by atoms with Crippen molar-refractivity contribution in [3.8, 4) is 0 Å². The molecule has 0 radical (unpaired) electrons. The Kier molecular flexibility index (Phi) is 7.85. The Morgan fingerprint density at radius 1 is 1.06 bits per heavy atom. The van der Waals surface area contributed by atoms with Crippen LogP contribution in [-0.4, -0.2) is 58.6 Å². The number of pyridine rings is 1. The molecule has 5 rings (SSSR count). The van der Waals surface area contributed by atoms with E-state index in [2.05, 4.69) is 33.7 Å². The lowest BCUT2D eigenvalue weighted by molar-refractivity contribution is -0.142. The summed E-state index contributed by atoms with van der Waals surface area (Å²) in [4.78, 5) is 32.1. The van der Waals surface area contributed by atoms with Gasteiger partial charge in [-0.2, -0.15) is 0 Å². The number of carbonyl (C=O) groups is 2. The van der Waals surface area contributed by atoms with Gasteiger partial charge in [0.05, 0.1) is 5.92 Å². The number of carbonyl (C=O) groups excluding carboxylic acids is 1. The minimum atomic E-state index is -0.947. The summed E-state index contributed by atoms with van der Waals surface area (Å²) in [6.45, 7) is 2.67. The fourth-order valence-electron chi connectivity index (χ4n) is 5.70. The normalized spacial score (nSPS) is 19.3. The van der Waals surface area contributed by atoms with Gasteiger partial charge >= 0.3 is 5.97 Å². The van der Waals surface area contributed by atoms with Crippen molar-refractivity contribution in [2.24, 2.45) is 0 Å². The molecular weight excluding hydrogens is 452 g/mol. The van der Waals surface area contributed by atoms with Gasteiger partial charge in [-0.05, 0) is 93.5 Å². The van der Waals surface area contributed by atoms with E-state index >= 15 is 0 Å². The molecule has 3 aliphatic rings. The Hall–Kier alpha value is -2.93. The Balaban J connectivity index is 1.09. The summed E-state index contributed by atoms with van der Waals surface area (Å²) in [7, 11) is 0. The molecule has 2 heterocycles. The maximum Gasteiger partial charge on any atom is 0.326 e. The molecule has 0 bridgehead atoms. The Morgan fingerprint density at radius 3 is 2.75 bits per heavy atom. The summed E-state index contributed by atoms with van der Waals surface area (Å²) in [6.07, 6.45) is 9.79. The molecule has 2 atom stereocenters. The van der Waals surface area contributed by atoms with Crippen LogP contribution in [0.15, 0.2) is 36.4 Å². The van der Waals surface area contributed by atoms with E-state index < -0.39 is 12.0 Å². The summed E-state index contributed by atoms with van der Waals surface area (Å²) in [5.74, 6) is -0.286. The second-order valence-corrected chi connectivity index (χ2v) is 10.5. The summed E-state index contributed by atoms with van der Waals surface area (Å²) in [5, 5.41) is 16.1. The topological polar surface area (TPSA) is 94.6 Å². The van der Waals surface area contributed by atoms with Gasteiger partial charge in [0.1, 0.15) is 11.9 Å². The fraction of sp³-hybridized carbons (Fsp3) is 0.552. The van der Waals surface area contributed by atoms with Gasteiger partial charge in [-0.3, -0.25) is 4.79 Å². The quantitative estimate of drug-likeness (QED) is 0.391. The maximum absolute atomic E-state index is 13.0. The lowest BCUT2D eigenvalue weighted by Crippen LogP contribution is -2.45. The number of anilines is 1. The van der Waals surface area contributed by atoms with Crippen molar-refractivity contribution in [2.45, 2.75) is 82.2 Å². The third-order valence-electron chi connectivity index (χ3n) is 7.91. The zero-order chi connectivity index (χ0) is 24.9. The van der Waals surface area contributed by atoms with Gasteiger partial charge in [0, 0.05) is 24.8 Å². The Bertz CT molecular complexity index is 1080. The van der Waals surface area contributed by atoms with E-state index in [1.807, 2.05) is 18.2 Å². The molecule has 7 heteroatoms. The van der Waals surface area contributed by atoms with Gasteiger partial charge in [0.15, 0.2) is 0 Å². The van der Waals surface area contributed by atoms with Crippen LogP contribution < -0.4 is 10.6 Å². The summed E-state index contributed by atoms with van der Waals surface area (Å²) < 4.78 is 0. The van der Waals surface area contributed by atoms with E-state index in [-0.39, 0.29) is 11.8 Å².